The molecule has 0 spiro atoms. The largest absolute Gasteiger partial charge is 0.354 e. The van der Waals surface area contributed by atoms with Crippen LogP contribution in [0.15, 0.2) is 30.6 Å². The van der Waals surface area contributed by atoms with E-state index in [1.165, 1.54) is 11.9 Å². The standard InChI is InChI=1S/C18H21N5O2/c1-13-6-4-5-10-21(13)17-16(23(24)25)18(20-12-19-17)22-11-9-14-7-2-3-8-15(14)22/h2-3,7-8,12-13H,4-6,9-11H2,1H3. The lowest BCUT2D eigenvalue weighted by atomic mass is 10.0. The second-order valence-electron chi connectivity index (χ2n) is 6.70. The van der Waals surface area contributed by atoms with E-state index in [-0.39, 0.29) is 16.7 Å². The van der Waals surface area contributed by atoms with Crippen LogP contribution in [0.25, 0.3) is 0 Å². The van der Waals surface area contributed by atoms with Gasteiger partial charge in [-0.1, -0.05) is 18.2 Å². The van der Waals surface area contributed by atoms with Crippen LogP contribution in [0.3, 0.4) is 0 Å². The number of piperidine rings is 1. The van der Waals surface area contributed by atoms with Gasteiger partial charge in [-0.15, -0.1) is 0 Å². The lowest BCUT2D eigenvalue weighted by Gasteiger charge is -2.34. The van der Waals surface area contributed by atoms with E-state index in [9.17, 15) is 10.1 Å². The summed E-state index contributed by atoms with van der Waals surface area (Å²) in [6.45, 7) is 3.61. The fraction of sp³-hybridized carbons (Fsp3) is 0.444. The molecular weight excluding hydrogens is 318 g/mol. The number of nitro groups is 1. The number of para-hydroxylation sites is 1. The van der Waals surface area contributed by atoms with E-state index in [1.807, 2.05) is 23.1 Å². The zero-order valence-electron chi connectivity index (χ0n) is 14.3. The first-order valence-corrected chi connectivity index (χ1v) is 8.78. The Balaban J connectivity index is 1.82. The Hall–Kier alpha value is -2.70. The van der Waals surface area contributed by atoms with Gasteiger partial charge in [-0.05, 0) is 44.2 Å². The van der Waals surface area contributed by atoms with Crippen molar-refractivity contribution in [1.82, 2.24) is 9.97 Å². The van der Waals surface area contributed by atoms with E-state index in [4.69, 9.17) is 0 Å². The van der Waals surface area contributed by atoms with Gasteiger partial charge in [-0.2, -0.15) is 0 Å². The number of hydrogen-bond donors (Lipinski definition) is 0. The van der Waals surface area contributed by atoms with Crippen molar-refractivity contribution in [3.8, 4) is 0 Å². The molecule has 3 heterocycles. The maximum atomic E-state index is 11.9. The average Bonchev–Trinajstić information content (AvgIpc) is 3.05. The van der Waals surface area contributed by atoms with Crippen LogP contribution in [-0.2, 0) is 6.42 Å². The highest BCUT2D eigenvalue weighted by Crippen LogP contribution is 2.42. The Morgan fingerprint density at radius 2 is 1.96 bits per heavy atom. The summed E-state index contributed by atoms with van der Waals surface area (Å²) in [6, 6.07) is 8.27. The molecule has 1 unspecified atom stereocenters. The molecule has 1 atom stereocenters. The minimum Gasteiger partial charge on any atom is -0.348 e. The third-order valence-corrected chi connectivity index (χ3v) is 5.18. The molecule has 0 bridgehead atoms. The van der Waals surface area contributed by atoms with Gasteiger partial charge in [-0.25, -0.2) is 9.97 Å². The van der Waals surface area contributed by atoms with Gasteiger partial charge in [0.15, 0.2) is 0 Å². The Morgan fingerprint density at radius 3 is 2.76 bits per heavy atom. The van der Waals surface area contributed by atoms with Crippen molar-refractivity contribution in [3.05, 3.63) is 46.3 Å². The summed E-state index contributed by atoms with van der Waals surface area (Å²) in [6.07, 6.45) is 5.55. The SMILES string of the molecule is CC1CCCCN1c1ncnc(N2CCc3ccccc32)c1[N+](=O)[O-]. The molecule has 2 aliphatic rings. The van der Waals surface area contributed by atoms with Crippen molar-refractivity contribution in [2.75, 3.05) is 22.9 Å². The van der Waals surface area contributed by atoms with Crippen LogP contribution in [0.5, 0.6) is 0 Å². The maximum absolute atomic E-state index is 11.9. The fourth-order valence-electron chi connectivity index (χ4n) is 3.90. The minimum absolute atomic E-state index is 0.0213. The van der Waals surface area contributed by atoms with Crippen LogP contribution < -0.4 is 9.80 Å². The molecule has 7 heteroatoms. The van der Waals surface area contributed by atoms with E-state index in [0.29, 0.717) is 18.2 Å². The van der Waals surface area contributed by atoms with E-state index in [1.54, 1.807) is 0 Å². The van der Waals surface area contributed by atoms with Gasteiger partial charge in [0.1, 0.15) is 6.33 Å². The second-order valence-corrected chi connectivity index (χ2v) is 6.70. The third kappa shape index (κ3) is 2.69. The average molecular weight is 339 g/mol. The molecule has 0 aliphatic carbocycles. The third-order valence-electron chi connectivity index (χ3n) is 5.18. The molecule has 130 valence electrons. The van der Waals surface area contributed by atoms with E-state index in [0.717, 1.165) is 37.9 Å². The molecule has 4 rings (SSSR count). The van der Waals surface area contributed by atoms with E-state index in [2.05, 4.69) is 27.9 Å². The van der Waals surface area contributed by atoms with Crippen molar-refractivity contribution in [2.45, 2.75) is 38.6 Å². The first-order chi connectivity index (χ1) is 12.2. The fourth-order valence-corrected chi connectivity index (χ4v) is 3.90. The van der Waals surface area contributed by atoms with Gasteiger partial charge in [0, 0.05) is 24.8 Å². The summed E-state index contributed by atoms with van der Waals surface area (Å²) in [5.41, 5.74) is 2.22. The molecule has 1 saturated heterocycles. The number of rotatable bonds is 3. The van der Waals surface area contributed by atoms with Crippen LogP contribution >= 0.6 is 0 Å². The predicted octanol–water partition coefficient (Wildman–Crippen LogP) is 3.46. The van der Waals surface area contributed by atoms with Crippen molar-refractivity contribution >= 4 is 23.0 Å². The number of fused-ring (bicyclic) bond motifs is 1. The number of anilines is 3. The summed E-state index contributed by atoms with van der Waals surface area (Å²) in [5.74, 6) is 0.851. The van der Waals surface area contributed by atoms with Gasteiger partial charge in [0.25, 0.3) is 0 Å². The minimum atomic E-state index is -0.326. The highest BCUT2D eigenvalue weighted by atomic mass is 16.6. The summed E-state index contributed by atoms with van der Waals surface area (Å²) < 4.78 is 0. The van der Waals surface area contributed by atoms with Gasteiger partial charge >= 0.3 is 5.69 Å². The Morgan fingerprint density at radius 1 is 1.16 bits per heavy atom. The molecule has 2 aromatic rings. The number of benzene rings is 1. The molecule has 1 aromatic carbocycles. The first-order valence-electron chi connectivity index (χ1n) is 8.78. The molecule has 2 aliphatic heterocycles. The summed E-state index contributed by atoms with van der Waals surface area (Å²) in [5, 5.41) is 11.9. The van der Waals surface area contributed by atoms with Crippen molar-refractivity contribution < 1.29 is 4.92 Å². The van der Waals surface area contributed by atoms with Crippen molar-refractivity contribution in [3.63, 3.8) is 0 Å². The Labute approximate surface area is 146 Å². The molecule has 25 heavy (non-hydrogen) atoms. The lowest BCUT2D eigenvalue weighted by molar-refractivity contribution is -0.383. The topological polar surface area (TPSA) is 75.4 Å². The highest BCUT2D eigenvalue weighted by Gasteiger charge is 2.34. The monoisotopic (exact) mass is 339 g/mol. The lowest BCUT2D eigenvalue weighted by Crippen LogP contribution is -2.38. The molecule has 0 radical (unpaired) electrons. The van der Waals surface area contributed by atoms with Crippen LogP contribution in [0.1, 0.15) is 31.7 Å². The first kappa shape index (κ1) is 15.8. The number of hydrogen-bond acceptors (Lipinski definition) is 6. The molecule has 0 N–H and O–H groups in total. The zero-order chi connectivity index (χ0) is 17.4. The predicted molar refractivity (Wildman–Crippen MR) is 96.5 cm³/mol. The second kappa shape index (κ2) is 6.31. The quantitative estimate of drug-likeness (QED) is 0.630. The van der Waals surface area contributed by atoms with Crippen molar-refractivity contribution in [2.24, 2.45) is 0 Å². The Kier molecular flexibility index (Phi) is 3.99. The van der Waals surface area contributed by atoms with E-state index >= 15 is 0 Å². The Bertz CT molecular complexity index is 810. The summed E-state index contributed by atoms with van der Waals surface area (Å²) in [4.78, 5) is 24.2. The molecule has 1 fully saturated rings. The van der Waals surface area contributed by atoms with Gasteiger partial charge in [-0.3, -0.25) is 10.1 Å². The van der Waals surface area contributed by atoms with Crippen LogP contribution in [-0.4, -0.2) is 34.0 Å². The molecule has 1 aromatic heterocycles. The smallest absolute Gasteiger partial charge is 0.348 e. The molecule has 7 nitrogen and oxygen atoms in total. The van der Waals surface area contributed by atoms with Gasteiger partial charge in [0.2, 0.25) is 11.6 Å². The highest BCUT2D eigenvalue weighted by molar-refractivity contribution is 5.79. The van der Waals surface area contributed by atoms with Crippen LogP contribution in [0, 0.1) is 10.1 Å². The maximum Gasteiger partial charge on any atom is 0.354 e. The summed E-state index contributed by atoms with van der Waals surface area (Å²) in [7, 11) is 0. The normalized spacial score (nSPS) is 19.8. The van der Waals surface area contributed by atoms with Crippen LogP contribution in [0.4, 0.5) is 23.0 Å². The number of nitrogens with zero attached hydrogens (tertiary/aromatic N) is 5. The molecule has 0 saturated carbocycles. The molecule has 0 amide bonds. The van der Waals surface area contributed by atoms with Gasteiger partial charge < -0.3 is 9.80 Å². The molecular formula is C18H21N5O2. The van der Waals surface area contributed by atoms with E-state index < -0.39 is 0 Å². The van der Waals surface area contributed by atoms with Gasteiger partial charge in [0.05, 0.1) is 4.92 Å². The van der Waals surface area contributed by atoms with Crippen molar-refractivity contribution in [1.29, 1.82) is 0 Å². The summed E-state index contributed by atoms with van der Waals surface area (Å²) >= 11 is 0. The zero-order valence-corrected chi connectivity index (χ0v) is 14.3. The van der Waals surface area contributed by atoms with Crippen LogP contribution in [0.2, 0.25) is 0 Å². The number of aromatic nitrogens is 2.